The van der Waals surface area contributed by atoms with E-state index in [-0.39, 0.29) is 27.9 Å². The molecule has 4 N–H and O–H groups in total. The Kier molecular flexibility index (Phi) is 2.58. The quantitative estimate of drug-likeness (QED) is 0.635. The summed E-state index contributed by atoms with van der Waals surface area (Å²) in [5.41, 5.74) is 9.23. The van der Waals surface area contributed by atoms with Crippen LogP contribution < -0.4 is 22.0 Å². The molecule has 2 aromatic rings. The van der Waals surface area contributed by atoms with Crippen molar-refractivity contribution in [2.45, 2.75) is 31.3 Å². The number of hydrogen-bond donors (Lipinski definition) is 3. The highest BCUT2D eigenvalue weighted by Gasteiger charge is 2.41. The molecule has 1 spiro atoms. The number of nitrogens with two attached hydrogens (primary N) is 1. The van der Waals surface area contributed by atoms with Crippen LogP contribution in [0, 0.1) is 22.7 Å². The highest BCUT2D eigenvalue weighted by Crippen LogP contribution is 2.38. The molecule has 0 amide bonds. The fourth-order valence-corrected chi connectivity index (χ4v) is 3.63. The van der Waals surface area contributed by atoms with Crippen molar-refractivity contribution in [3.8, 4) is 12.1 Å². The Labute approximate surface area is 131 Å². The van der Waals surface area contributed by atoms with Crippen molar-refractivity contribution >= 4 is 22.3 Å². The lowest BCUT2D eigenvalue weighted by atomic mass is 10.0. The Morgan fingerprint density at radius 2 is 1.96 bits per heavy atom. The van der Waals surface area contributed by atoms with Gasteiger partial charge in [-0.25, -0.2) is 4.68 Å². The number of nitrogens with zero attached hydrogens (tertiary/aromatic N) is 3. The van der Waals surface area contributed by atoms with E-state index in [4.69, 9.17) is 11.0 Å². The molecule has 4 rings (SSSR count). The van der Waals surface area contributed by atoms with Crippen LogP contribution in [0.5, 0.6) is 0 Å². The van der Waals surface area contributed by atoms with Gasteiger partial charge in [-0.3, -0.25) is 10.2 Å². The fraction of sp³-hybridized carbons (Fsp3) is 0.312. The van der Waals surface area contributed by atoms with Crippen molar-refractivity contribution in [1.29, 1.82) is 10.5 Å². The number of pyridine rings is 1. The molecule has 2 heterocycles. The first kappa shape index (κ1) is 13.5. The predicted molar refractivity (Wildman–Crippen MR) is 86.2 cm³/mol. The van der Waals surface area contributed by atoms with E-state index >= 15 is 0 Å². The average Bonchev–Trinajstić information content (AvgIpc) is 3.15. The van der Waals surface area contributed by atoms with Gasteiger partial charge in [-0.2, -0.15) is 10.5 Å². The van der Waals surface area contributed by atoms with E-state index in [0.29, 0.717) is 16.8 Å². The van der Waals surface area contributed by atoms with Gasteiger partial charge in [-0.05, 0) is 31.7 Å². The number of aromatic nitrogens is 1. The van der Waals surface area contributed by atoms with Gasteiger partial charge in [0.15, 0.2) is 0 Å². The van der Waals surface area contributed by atoms with Crippen molar-refractivity contribution in [2.75, 3.05) is 16.5 Å². The molecule has 2 aliphatic rings. The van der Waals surface area contributed by atoms with Gasteiger partial charge in [0.1, 0.15) is 29.2 Å². The van der Waals surface area contributed by atoms with E-state index in [2.05, 4.69) is 16.8 Å². The second kappa shape index (κ2) is 4.40. The van der Waals surface area contributed by atoms with E-state index in [1.165, 1.54) is 4.68 Å². The summed E-state index contributed by atoms with van der Waals surface area (Å²) >= 11 is 0. The van der Waals surface area contributed by atoms with Gasteiger partial charge >= 0.3 is 0 Å². The molecule has 23 heavy (non-hydrogen) atoms. The van der Waals surface area contributed by atoms with Crippen LogP contribution in [0.2, 0.25) is 0 Å². The lowest BCUT2D eigenvalue weighted by molar-refractivity contribution is 0.530. The van der Waals surface area contributed by atoms with Crippen molar-refractivity contribution in [2.24, 2.45) is 0 Å². The molecule has 0 bridgehead atoms. The summed E-state index contributed by atoms with van der Waals surface area (Å²) in [4.78, 5) is 12.9. The lowest BCUT2D eigenvalue weighted by Crippen LogP contribution is -2.42. The first-order valence-electron chi connectivity index (χ1n) is 7.48. The summed E-state index contributed by atoms with van der Waals surface area (Å²) in [6, 6.07) is 7.31. The maximum atomic E-state index is 12.9. The van der Waals surface area contributed by atoms with E-state index in [1.807, 2.05) is 6.07 Å². The van der Waals surface area contributed by atoms with E-state index < -0.39 is 0 Å². The first-order valence-corrected chi connectivity index (χ1v) is 7.48. The summed E-state index contributed by atoms with van der Waals surface area (Å²) in [7, 11) is 0. The van der Waals surface area contributed by atoms with E-state index in [0.717, 1.165) is 25.7 Å². The minimum absolute atomic E-state index is 0.121. The average molecular weight is 306 g/mol. The van der Waals surface area contributed by atoms with Gasteiger partial charge in [0.2, 0.25) is 0 Å². The van der Waals surface area contributed by atoms with Gasteiger partial charge in [0, 0.05) is 5.39 Å². The van der Waals surface area contributed by atoms with Crippen LogP contribution in [0.3, 0.4) is 0 Å². The molecule has 0 radical (unpaired) electrons. The maximum absolute atomic E-state index is 12.9. The molecule has 1 aromatic carbocycles. The predicted octanol–water partition coefficient (Wildman–Crippen LogP) is 1.57. The Morgan fingerprint density at radius 3 is 2.61 bits per heavy atom. The Bertz CT molecular complexity index is 985. The first-order chi connectivity index (χ1) is 11.1. The molecule has 114 valence electrons. The van der Waals surface area contributed by atoms with E-state index in [1.54, 1.807) is 12.1 Å². The molecular weight excluding hydrogens is 292 g/mol. The molecule has 0 atom stereocenters. The number of nitrogen functional groups attached to an aromatic ring is 1. The SMILES string of the molecule is N#Cc1ccc2c(C#N)c3n(c(=O)c2c1N)NC1(CCCC1)N3. The molecule has 0 unspecified atom stereocenters. The van der Waals surface area contributed by atoms with Crippen LogP contribution in [0.1, 0.15) is 36.8 Å². The number of fused-ring (bicyclic) bond motifs is 2. The molecule has 1 aromatic heterocycles. The second-order valence-electron chi connectivity index (χ2n) is 6.06. The molecule has 0 saturated heterocycles. The Hall–Kier alpha value is -3.19. The molecule has 1 saturated carbocycles. The van der Waals surface area contributed by atoms with Gasteiger partial charge in [0.05, 0.1) is 16.6 Å². The molecule has 1 aliphatic carbocycles. The molecule has 7 heteroatoms. The third-order valence-corrected chi connectivity index (χ3v) is 4.77. The van der Waals surface area contributed by atoms with E-state index in [9.17, 15) is 10.1 Å². The van der Waals surface area contributed by atoms with Crippen molar-refractivity contribution in [3.05, 3.63) is 33.6 Å². The Balaban J connectivity index is 2.08. The van der Waals surface area contributed by atoms with Crippen molar-refractivity contribution in [1.82, 2.24) is 4.68 Å². The number of rotatable bonds is 0. The number of anilines is 2. The van der Waals surface area contributed by atoms with Crippen LogP contribution in [-0.4, -0.2) is 10.3 Å². The third kappa shape index (κ3) is 1.65. The zero-order chi connectivity index (χ0) is 16.2. The molecular formula is C16H14N6O. The lowest BCUT2D eigenvalue weighted by Gasteiger charge is -2.23. The number of nitrogens with one attached hydrogen (secondary N) is 2. The topological polar surface area (TPSA) is 120 Å². The summed E-state index contributed by atoms with van der Waals surface area (Å²) in [5, 5.41) is 22.8. The van der Waals surface area contributed by atoms with Crippen molar-refractivity contribution in [3.63, 3.8) is 0 Å². The number of benzene rings is 1. The van der Waals surface area contributed by atoms with Crippen LogP contribution in [-0.2, 0) is 0 Å². The molecule has 7 nitrogen and oxygen atoms in total. The summed E-state index contributed by atoms with van der Waals surface area (Å²) in [5.74, 6) is 0.482. The van der Waals surface area contributed by atoms with Crippen LogP contribution in [0.15, 0.2) is 16.9 Å². The fourth-order valence-electron chi connectivity index (χ4n) is 3.63. The maximum Gasteiger partial charge on any atom is 0.280 e. The normalized spacial score (nSPS) is 17.3. The number of hydrogen-bond acceptors (Lipinski definition) is 6. The molecule has 1 fully saturated rings. The van der Waals surface area contributed by atoms with Gasteiger partial charge in [-0.15, -0.1) is 0 Å². The highest BCUT2D eigenvalue weighted by molar-refractivity contribution is 6.00. The van der Waals surface area contributed by atoms with Gasteiger partial charge in [-0.1, -0.05) is 6.07 Å². The Morgan fingerprint density at radius 1 is 1.22 bits per heavy atom. The minimum atomic E-state index is -0.373. The minimum Gasteiger partial charge on any atom is -0.397 e. The van der Waals surface area contributed by atoms with Gasteiger partial charge < -0.3 is 11.1 Å². The highest BCUT2D eigenvalue weighted by atomic mass is 16.1. The smallest absolute Gasteiger partial charge is 0.280 e. The van der Waals surface area contributed by atoms with Crippen LogP contribution in [0.25, 0.3) is 10.8 Å². The third-order valence-electron chi connectivity index (χ3n) is 4.77. The zero-order valence-electron chi connectivity index (χ0n) is 12.3. The largest absolute Gasteiger partial charge is 0.397 e. The summed E-state index contributed by atoms with van der Waals surface area (Å²) in [6.45, 7) is 0. The van der Waals surface area contributed by atoms with Crippen molar-refractivity contribution < 1.29 is 0 Å². The molecule has 1 aliphatic heterocycles. The summed E-state index contributed by atoms with van der Waals surface area (Å²) in [6.07, 6.45) is 3.89. The van der Waals surface area contributed by atoms with Gasteiger partial charge in [0.25, 0.3) is 5.56 Å². The number of nitriles is 2. The standard InChI is InChI=1S/C16H14N6O/c17-7-9-3-4-10-11(8-18)14-20-16(5-1-2-6-16)21-22(14)15(23)12(10)13(9)19/h3-4,20-21H,1-2,5-6,19H2. The van der Waals surface area contributed by atoms with Crippen LogP contribution in [0.4, 0.5) is 11.5 Å². The zero-order valence-corrected chi connectivity index (χ0v) is 12.3. The monoisotopic (exact) mass is 306 g/mol. The second-order valence-corrected chi connectivity index (χ2v) is 6.06. The van der Waals surface area contributed by atoms with Crippen LogP contribution >= 0.6 is 0 Å². The summed E-state index contributed by atoms with van der Waals surface area (Å²) < 4.78 is 1.38.